The molecule has 0 aromatic heterocycles. The number of quaternary nitrogens is 1. The molecule has 0 aromatic carbocycles. The smallest absolute Gasteiger partial charge is 0.233 e. The van der Waals surface area contributed by atoms with E-state index in [9.17, 15) is 19.5 Å². The Morgan fingerprint density at radius 1 is 1.34 bits per heavy atom. The molecule has 5 aliphatic rings. The van der Waals surface area contributed by atoms with Crippen LogP contribution in [-0.2, 0) is 9.63 Å². The van der Waals surface area contributed by atoms with E-state index in [1.807, 2.05) is 13.0 Å². The molecule has 5 atom stereocenters. The maximum atomic E-state index is 13.4. The first-order chi connectivity index (χ1) is 15.3. The van der Waals surface area contributed by atoms with E-state index >= 15 is 0 Å². The van der Waals surface area contributed by atoms with Crippen LogP contribution in [0.2, 0.25) is 0 Å². The van der Waals surface area contributed by atoms with E-state index in [2.05, 4.69) is 10.1 Å². The fraction of sp³-hybridized carbons (Fsp3) is 0.696. The molecule has 1 amide bonds. The van der Waals surface area contributed by atoms with Gasteiger partial charge in [0.25, 0.3) is 0 Å². The zero-order valence-corrected chi connectivity index (χ0v) is 18.4. The van der Waals surface area contributed by atoms with Crippen molar-refractivity contribution in [3.8, 4) is 0 Å². The van der Waals surface area contributed by atoms with E-state index < -0.39 is 6.10 Å². The highest BCUT2D eigenvalue weighted by atomic mass is 19.1. The van der Waals surface area contributed by atoms with Crippen LogP contribution in [-0.4, -0.2) is 76.5 Å². The predicted molar refractivity (Wildman–Crippen MR) is 117 cm³/mol. The topological polar surface area (TPSA) is 97.6 Å². The van der Waals surface area contributed by atoms with Crippen molar-refractivity contribution in [1.29, 1.82) is 0 Å². The molecule has 8 nitrogen and oxygen atoms in total. The van der Waals surface area contributed by atoms with Crippen molar-refractivity contribution >= 4 is 17.5 Å². The number of carbonyl (C=O) groups is 1. The fourth-order valence-corrected chi connectivity index (χ4v) is 5.76. The summed E-state index contributed by atoms with van der Waals surface area (Å²) in [5.41, 5.74) is 0.919. The molecule has 0 radical (unpaired) electrons. The van der Waals surface area contributed by atoms with E-state index in [1.54, 1.807) is 4.90 Å². The molecule has 4 heterocycles. The minimum atomic E-state index is -0.666. The second kappa shape index (κ2) is 8.35. The largest absolute Gasteiger partial charge is 0.633 e. The SMILES string of the molecule is CC1N=C2C(O)CCCN2C(=O)C1CC[N+]1([O-])CCC(C2=NOC3C=C(F)C=CC23)CC1. The lowest BCUT2D eigenvalue weighted by Gasteiger charge is -2.48. The van der Waals surface area contributed by atoms with Crippen LogP contribution in [0, 0.1) is 23.0 Å². The maximum absolute atomic E-state index is 13.4. The summed E-state index contributed by atoms with van der Waals surface area (Å²) in [5.74, 6) is 0.00833. The Hall–Kier alpha value is -2.10. The number of hydrogen-bond donors (Lipinski definition) is 1. The maximum Gasteiger partial charge on any atom is 0.233 e. The average Bonchev–Trinajstić information content (AvgIpc) is 3.18. The van der Waals surface area contributed by atoms with E-state index in [1.165, 1.54) is 12.2 Å². The van der Waals surface area contributed by atoms with Crippen molar-refractivity contribution < 1.29 is 23.8 Å². The van der Waals surface area contributed by atoms with Crippen LogP contribution in [0.25, 0.3) is 0 Å². The molecular weight excluding hydrogens is 415 g/mol. The van der Waals surface area contributed by atoms with Crippen molar-refractivity contribution in [2.75, 3.05) is 26.2 Å². The Labute approximate surface area is 187 Å². The van der Waals surface area contributed by atoms with Crippen LogP contribution in [0.5, 0.6) is 0 Å². The normalized spacial score (nSPS) is 41.3. The van der Waals surface area contributed by atoms with E-state index in [0.29, 0.717) is 57.7 Å². The summed E-state index contributed by atoms with van der Waals surface area (Å²) < 4.78 is 13.1. The number of fused-ring (bicyclic) bond motifs is 2. The number of likely N-dealkylation sites (tertiary alicyclic amines) is 1. The number of amides is 1. The van der Waals surface area contributed by atoms with Gasteiger partial charge in [-0.3, -0.25) is 14.7 Å². The third-order valence-corrected chi connectivity index (χ3v) is 7.73. The minimum Gasteiger partial charge on any atom is -0.633 e. The molecule has 4 aliphatic heterocycles. The minimum absolute atomic E-state index is 0.00406. The second-order valence-corrected chi connectivity index (χ2v) is 9.80. The summed E-state index contributed by atoms with van der Waals surface area (Å²) in [7, 11) is 0. The lowest BCUT2D eigenvalue weighted by molar-refractivity contribution is -0.886. The highest BCUT2D eigenvalue weighted by Gasteiger charge is 2.43. The summed E-state index contributed by atoms with van der Waals surface area (Å²) in [6, 6.07) is -0.223. The van der Waals surface area contributed by atoms with Crippen molar-refractivity contribution in [1.82, 2.24) is 4.90 Å². The van der Waals surface area contributed by atoms with Crippen molar-refractivity contribution in [2.45, 2.75) is 57.3 Å². The molecule has 0 bridgehead atoms. The van der Waals surface area contributed by atoms with Gasteiger partial charge in [-0.05, 0) is 31.9 Å². The molecule has 2 saturated heterocycles. The van der Waals surface area contributed by atoms with Gasteiger partial charge < -0.3 is 19.8 Å². The molecule has 0 saturated carbocycles. The molecule has 2 fully saturated rings. The molecular formula is C23H31FN4O4. The van der Waals surface area contributed by atoms with Gasteiger partial charge in [-0.25, -0.2) is 4.39 Å². The number of oxime groups is 1. The number of amidine groups is 1. The number of hydrogen-bond acceptors (Lipinski definition) is 6. The first kappa shape index (κ1) is 21.7. The third-order valence-electron chi connectivity index (χ3n) is 7.73. The molecule has 5 rings (SSSR count). The second-order valence-electron chi connectivity index (χ2n) is 9.80. The van der Waals surface area contributed by atoms with E-state index in [0.717, 1.165) is 12.1 Å². The van der Waals surface area contributed by atoms with Crippen molar-refractivity contribution in [3.63, 3.8) is 0 Å². The average molecular weight is 447 g/mol. The molecule has 0 spiro atoms. The third kappa shape index (κ3) is 3.91. The Balaban J connectivity index is 1.17. The quantitative estimate of drug-likeness (QED) is 0.529. The summed E-state index contributed by atoms with van der Waals surface area (Å²) >= 11 is 0. The van der Waals surface area contributed by atoms with Crippen LogP contribution in [0.3, 0.4) is 0 Å². The monoisotopic (exact) mass is 446 g/mol. The highest BCUT2D eigenvalue weighted by molar-refractivity contribution is 6.03. The Morgan fingerprint density at radius 3 is 2.91 bits per heavy atom. The van der Waals surface area contributed by atoms with Crippen LogP contribution < -0.4 is 0 Å². The number of rotatable bonds is 4. The Kier molecular flexibility index (Phi) is 5.67. The highest BCUT2D eigenvalue weighted by Crippen LogP contribution is 2.35. The van der Waals surface area contributed by atoms with Gasteiger partial charge in [0.1, 0.15) is 17.8 Å². The van der Waals surface area contributed by atoms with Crippen LogP contribution in [0.15, 0.2) is 34.2 Å². The fourth-order valence-electron chi connectivity index (χ4n) is 5.76. The number of aliphatic hydroxyl groups is 1. The van der Waals surface area contributed by atoms with Gasteiger partial charge in [0.05, 0.1) is 43.2 Å². The number of allylic oxidation sites excluding steroid dienone is 2. The van der Waals surface area contributed by atoms with Gasteiger partial charge >= 0.3 is 0 Å². The first-order valence-corrected chi connectivity index (χ1v) is 11.8. The van der Waals surface area contributed by atoms with Gasteiger partial charge in [0, 0.05) is 31.7 Å². The number of halogens is 1. The lowest BCUT2D eigenvalue weighted by atomic mass is 9.81. The number of piperidine rings is 2. The number of aliphatic imine (C=N–C) groups is 1. The van der Waals surface area contributed by atoms with Gasteiger partial charge in [-0.15, -0.1) is 0 Å². The summed E-state index contributed by atoms with van der Waals surface area (Å²) in [5, 5.41) is 27.8. The van der Waals surface area contributed by atoms with E-state index in [-0.39, 0.29) is 46.3 Å². The molecule has 1 N–H and O–H groups in total. The van der Waals surface area contributed by atoms with Gasteiger partial charge in [-0.1, -0.05) is 11.2 Å². The van der Waals surface area contributed by atoms with Crippen LogP contribution >= 0.6 is 0 Å². The molecule has 9 heteroatoms. The molecule has 174 valence electrons. The lowest BCUT2D eigenvalue weighted by Crippen LogP contribution is -2.56. The molecule has 1 aliphatic carbocycles. The number of aliphatic hydroxyl groups excluding tert-OH is 1. The van der Waals surface area contributed by atoms with Crippen LogP contribution in [0.4, 0.5) is 4.39 Å². The summed E-state index contributed by atoms with van der Waals surface area (Å²) in [4.78, 5) is 24.7. The number of carbonyl (C=O) groups excluding carboxylic acids is 1. The summed E-state index contributed by atoms with van der Waals surface area (Å²) in [6.07, 6.45) is 7.01. The number of hydroxylamine groups is 3. The Bertz CT molecular complexity index is 892. The zero-order chi connectivity index (χ0) is 22.5. The number of nitrogens with zero attached hydrogens (tertiary/aromatic N) is 4. The van der Waals surface area contributed by atoms with Gasteiger partial charge in [0.15, 0.2) is 6.10 Å². The van der Waals surface area contributed by atoms with Crippen molar-refractivity contribution in [2.24, 2.45) is 27.9 Å². The molecule has 5 unspecified atom stereocenters. The van der Waals surface area contributed by atoms with E-state index in [4.69, 9.17) is 4.84 Å². The zero-order valence-electron chi connectivity index (χ0n) is 18.4. The predicted octanol–water partition coefficient (Wildman–Crippen LogP) is 2.30. The standard InChI is InChI=1S/C23H31FN4O4/c1-14-17(23(30)27-9-2-3-19(29)22(27)25-14)8-12-28(31)10-6-15(7-11-28)21-18-5-4-16(24)13-20(18)32-26-21/h4-5,13-15,17-20,29H,2-3,6-12H2,1H3. The van der Waals surface area contributed by atoms with Gasteiger partial charge in [0.2, 0.25) is 5.91 Å². The van der Waals surface area contributed by atoms with Gasteiger partial charge in [-0.2, -0.15) is 0 Å². The van der Waals surface area contributed by atoms with Crippen LogP contribution in [0.1, 0.15) is 39.0 Å². The molecule has 32 heavy (non-hydrogen) atoms. The van der Waals surface area contributed by atoms with Crippen molar-refractivity contribution in [3.05, 3.63) is 29.3 Å². The summed E-state index contributed by atoms with van der Waals surface area (Å²) in [6.45, 7) is 3.83. The molecule has 0 aromatic rings. The first-order valence-electron chi connectivity index (χ1n) is 11.8. The Morgan fingerprint density at radius 2 is 2.12 bits per heavy atom.